The maximum atomic E-state index is 9.24. The van der Waals surface area contributed by atoms with Gasteiger partial charge in [0.25, 0.3) is 0 Å². The second kappa shape index (κ2) is 7.05. The molecule has 0 fully saturated rings. The Balaban J connectivity index is 2.45. The van der Waals surface area contributed by atoms with Crippen LogP contribution in [-0.2, 0) is 0 Å². The van der Waals surface area contributed by atoms with Crippen LogP contribution in [0.4, 0.5) is 0 Å². The zero-order valence-corrected chi connectivity index (χ0v) is 9.03. The lowest BCUT2D eigenvalue weighted by Crippen LogP contribution is -2.25. The van der Waals surface area contributed by atoms with Gasteiger partial charge in [-0.2, -0.15) is 0 Å². The molecule has 0 radical (unpaired) electrons. The van der Waals surface area contributed by atoms with E-state index in [0.717, 1.165) is 18.5 Å². The fraction of sp³-hybridized carbons (Fsp3) is 0.385. The quantitative estimate of drug-likeness (QED) is 0.564. The Labute approximate surface area is 91.3 Å². The monoisotopic (exact) mass is 203 g/mol. The lowest BCUT2D eigenvalue weighted by molar-refractivity contribution is 0.245. The Hall–Kier alpha value is -1.30. The van der Waals surface area contributed by atoms with E-state index in [0.29, 0.717) is 0 Å². The molecule has 1 atom stereocenters. The average Bonchev–Trinajstić information content (AvgIpc) is 2.30. The molecule has 2 nitrogen and oxygen atoms in total. The Kier molecular flexibility index (Phi) is 5.54. The van der Waals surface area contributed by atoms with Gasteiger partial charge in [-0.05, 0) is 12.5 Å². The maximum absolute atomic E-state index is 9.24. The van der Waals surface area contributed by atoms with Crippen LogP contribution in [0, 0.1) is 11.8 Å². The van der Waals surface area contributed by atoms with Crippen LogP contribution in [-0.4, -0.2) is 18.3 Å². The summed E-state index contributed by atoms with van der Waals surface area (Å²) in [5, 5.41) is 12.5. The van der Waals surface area contributed by atoms with E-state index < -0.39 is 0 Å². The Morgan fingerprint density at radius 2 is 2.07 bits per heavy atom. The van der Waals surface area contributed by atoms with Crippen molar-refractivity contribution in [2.24, 2.45) is 0 Å². The highest BCUT2D eigenvalue weighted by atomic mass is 16.3. The van der Waals surface area contributed by atoms with Gasteiger partial charge in [0.1, 0.15) is 0 Å². The van der Waals surface area contributed by atoms with E-state index in [1.54, 1.807) is 0 Å². The first-order valence-corrected chi connectivity index (χ1v) is 5.17. The van der Waals surface area contributed by atoms with Crippen molar-refractivity contribution in [3.63, 3.8) is 0 Å². The zero-order valence-electron chi connectivity index (χ0n) is 9.03. The van der Waals surface area contributed by atoms with Crippen LogP contribution in [0.5, 0.6) is 0 Å². The number of aliphatic hydroxyl groups is 1. The van der Waals surface area contributed by atoms with Gasteiger partial charge in [0.2, 0.25) is 0 Å². The summed E-state index contributed by atoms with van der Waals surface area (Å²) in [5.74, 6) is 5.83. The van der Waals surface area contributed by atoms with Crippen LogP contribution in [0.2, 0.25) is 0 Å². The van der Waals surface area contributed by atoms with Gasteiger partial charge in [-0.15, -0.1) is 11.8 Å². The second-order valence-electron chi connectivity index (χ2n) is 3.28. The van der Waals surface area contributed by atoms with Crippen LogP contribution >= 0.6 is 0 Å². The van der Waals surface area contributed by atoms with Gasteiger partial charge in [-0.1, -0.05) is 30.3 Å². The minimum Gasteiger partial charge on any atom is -0.394 e. The summed E-state index contributed by atoms with van der Waals surface area (Å²) in [4.78, 5) is 0. The summed E-state index contributed by atoms with van der Waals surface area (Å²) < 4.78 is 0. The van der Waals surface area contributed by atoms with E-state index in [1.807, 2.05) is 37.3 Å². The molecule has 0 aliphatic heterocycles. The normalized spacial score (nSPS) is 11.6. The molecule has 1 aromatic rings. The number of nitrogens with one attached hydrogen (secondary N) is 1. The van der Waals surface area contributed by atoms with Crippen LogP contribution in [0.3, 0.4) is 0 Å². The van der Waals surface area contributed by atoms with Gasteiger partial charge in [-0.3, -0.25) is 0 Å². The van der Waals surface area contributed by atoms with Gasteiger partial charge in [0.05, 0.1) is 12.6 Å². The Bertz CT molecular complexity index is 323. The first-order chi connectivity index (χ1) is 7.38. The second-order valence-corrected chi connectivity index (χ2v) is 3.28. The Morgan fingerprint density at radius 3 is 2.67 bits per heavy atom. The summed E-state index contributed by atoms with van der Waals surface area (Å²) in [6.45, 7) is 2.76. The SMILES string of the molecule is CC#CCCNC(CO)c1ccccc1. The summed E-state index contributed by atoms with van der Waals surface area (Å²) in [6, 6.07) is 9.97. The summed E-state index contributed by atoms with van der Waals surface area (Å²) in [7, 11) is 0. The van der Waals surface area contributed by atoms with Crippen LogP contribution in [0.15, 0.2) is 30.3 Å². The molecule has 80 valence electrons. The molecule has 0 saturated carbocycles. The lowest BCUT2D eigenvalue weighted by Gasteiger charge is -2.15. The van der Waals surface area contributed by atoms with E-state index in [4.69, 9.17) is 0 Å². The predicted octanol–water partition coefficient (Wildman–Crippen LogP) is 1.72. The minimum absolute atomic E-state index is 0.0184. The van der Waals surface area contributed by atoms with Crippen molar-refractivity contribution in [3.05, 3.63) is 35.9 Å². The molecule has 0 aliphatic carbocycles. The topological polar surface area (TPSA) is 32.3 Å². The third-order valence-electron chi connectivity index (χ3n) is 2.20. The highest BCUT2D eigenvalue weighted by Crippen LogP contribution is 2.10. The Morgan fingerprint density at radius 1 is 1.33 bits per heavy atom. The lowest BCUT2D eigenvalue weighted by atomic mass is 10.1. The molecule has 0 saturated heterocycles. The number of hydrogen-bond donors (Lipinski definition) is 2. The van der Waals surface area contributed by atoms with Crippen molar-refractivity contribution in [2.75, 3.05) is 13.2 Å². The van der Waals surface area contributed by atoms with Gasteiger partial charge in [0, 0.05) is 13.0 Å². The molecule has 1 rings (SSSR count). The van der Waals surface area contributed by atoms with Crippen molar-refractivity contribution in [2.45, 2.75) is 19.4 Å². The molecule has 0 aliphatic rings. The average molecular weight is 203 g/mol. The molecule has 1 unspecified atom stereocenters. The molecule has 1 aromatic carbocycles. The van der Waals surface area contributed by atoms with Crippen LogP contribution in [0.25, 0.3) is 0 Å². The molecule has 0 aromatic heterocycles. The molecule has 0 bridgehead atoms. The van der Waals surface area contributed by atoms with Gasteiger partial charge in [-0.25, -0.2) is 0 Å². The van der Waals surface area contributed by atoms with E-state index in [9.17, 15) is 5.11 Å². The van der Waals surface area contributed by atoms with Gasteiger partial charge in [0.15, 0.2) is 0 Å². The highest BCUT2D eigenvalue weighted by Gasteiger charge is 2.07. The van der Waals surface area contributed by atoms with Crippen LogP contribution < -0.4 is 5.32 Å². The molecule has 2 N–H and O–H groups in total. The molecule has 2 heteroatoms. The standard InChI is InChI=1S/C13H17NO/c1-2-3-7-10-14-13(11-15)12-8-5-4-6-9-12/h4-6,8-9,13-15H,7,10-11H2,1H3. The van der Waals surface area contributed by atoms with Crippen molar-refractivity contribution >= 4 is 0 Å². The largest absolute Gasteiger partial charge is 0.394 e. The highest BCUT2D eigenvalue weighted by molar-refractivity contribution is 5.18. The van der Waals surface area contributed by atoms with Gasteiger partial charge < -0.3 is 10.4 Å². The van der Waals surface area contributed by atoms with Crippen LogP contribution in [0.1, 0.15) is 24.9 Å². The van der Waals surface area contributed by atoms with Crippen molar-refractivity contribution in [3.8, 4) is 11.8 Å². The molecule has 0 spiro atoms. The summed E-state index contributed by atoms with van der Waals surface area (Å²) in [6.07, 6.45) is 0.819. The minimum atomic E-state index is 0.0184. The van der Waals surface area contributed by atoms with Gasteiger partial charge >= 0.3 is 0 Å². The number of aliphatic hydroxyl groups excluding tert-OH is 1. The maximum Gasteiger partial charge on any atom is 0.0626 e. The molecule has 15 heavy (non-hydrogen) atoms. The molecular formula is C13H17NO. The molecule has 0 amide bonds. The van der Waals surface area contributed by atoms with Crippen molar-refractivity contribution < 1.29 is 5.11 Å². The van der Waals surface area contributed by atoms with E-state index in [-0.39, 0.29) is 12.6 Å². The molecule has 0 heterocycles. The summed E-state index contributed by atoms with van der Waals surface area (Å²) in [5.41, 5.74) is 1.12. The smallest absolute Gasteiger partial charge is 0.0626 e. The van der Waals surface area contributed by atoms with E-state index >= 15 is 0 Å². The number of rotatable bonds is 5. The van der Waals surface area contributed by atoms with E-state index in [2.05, 4.69) is 17.2 Å². The summed E-state index contributed by atoms with van der Waals surface area (Å²) >= 11 is 0. The number of benzene rings is 1. The van der Waals surface area contributed by atoms with E-state index in [1.165, 1.54) is 0 Å². The first-order valence-electron chi connectivity index (χ1n) is 5.17. The molecular weight excluding hydrogens is 186 g/mol. The fourth-order valence-electron chi connectivity index (χ4n) is 1.41. The third kappa shape index (κ3) is 4.16. The number of hydrogen-bond acceptors (Lipinski definition) is 2. The first kappa shape index (κ1) is 11.8. The van der Waals surface area contributed by atoms with Crippen molar-refractivity contribution in [1.29, 1.82) is 0 Å². The predicted molar refractivity (Wildman–Crippen MR) is 62.3 cm³/mol. The fourth-order valence-corrected chi connectivity index (χ4v) is 1.41. The third-order valence-corrected chi connectivity index (χ3v) is 2.20. The zero-order chi connectivity index (χ0) is 10.9. The van der Waals surface area contributed by atoms with Crippen molar-refractivity contribution in [1.82, 2.24) is 5.32 Å².